The predicted octanol–water partition coefficient (Wildman–Crippen LogP) is 4.33. The van der Waals surface area contributed by atoms with Crippen LogP contribution in [0.25, 0.3) is 33.5 Å². The van der Waals surface area contributed by atoms with Crippen LogP contribution in [0.3, 0.4) is 0 Å². The lowest BCUT2D eigenvalue weighted by Crippen LogP contribution is -2.44. The summed E-state index contributed by atoms with van der Waals surface area (Å²) in [6, 6.07) is 14.0. The van der Waals surface area contributed by atoms with Gasteiger partial charge in [-0.2, -0.15) is 5.10 Å². The maximum Gasteiger partial charge on any atom is 0.171 e. The minimum absolute atomic E-state index is 0.00744. The number of hydrogen-bond acceptors (Lipinski definition) is 5. The van der Waals surface area contributed by atoms with E-state index >= 15 is 0 Å². The van der Waals surface area contributed by atoms with Gasteiger partial charge in [0.1, 0.15) is 17.0 Å². The van der Waals surface area contributed by atoms with Crippen LogP contribution in [0.4, 0.5) is 14.5 Å². The molecule has 1 N–H and O–H groups in total. The Bertz CT molecular complexity index is 1260. The molecule has 0 spiro atoms. The van der Waals surface area contributed by atoms with Crippen molar-refractivity contribution in [3.8, 4) is 28.3 Å². The van der Waals surface area contributed by atoms with Gasteiger partial charge in [-0.05, 0) is 43.4 Å². The van der Waals surface area contributed by atoms with E-state index in [2.05, 4.69) is 44.2 Å². The Morgan fingerprint density at radius 3 is 2.41 bits per heavy atom. The molecule has 1 aliphatic rings. The minimum atomic E-state index is -0.988. The standard InChI is InChI=1S/C24H23F2N5O/c1-30-11-13-31(14-12-30)16-5-3-15(4-6-16)23-24-19(28-29-23)9-8-18(27-24)21-20(32-2)10-7-17(25)22(21)26/h3-10H,11-14H2,1-2H3,(H,28,29). The van der Waals surface area contributed by atoms with Gasteiger partial charge in [-0.25, -0.2) is 13.8 Å². The lowest BCUT2D eigenvalue weighted by Gasteiger charge is -2.34. The monoisotopic (exact) mass is 435 g/mol. The summed E-state index contributed by atoms with van der Waals surface area (Å²) in [6.45, 7) is 4.07. The molecule has 1 aliphatic heterocycles. The largest absolute Gasteiger partial charge is 0.496 e. The summed E-state index contributed by atoms with van der Waals surface area (Å²) < 4.78 is 33.8. The molecule has 0 aliphatic carbocycles. The van der Waals surface area contributed by atoms with E-state index in [-0.39, 0.29) is 17.0 Å². The number of likely N-dealkylation sites (N-methyl/N-ethyl adjacent to an activating group) is 1. The zero-order valence-corrected chi connectivity index (χ0v) is 17.9. The number of pyridine rings is 1. The van der Waals surface area contributed by atoms with Gasteiger partial charge >= 0.3 is 0 Å². The molecule has 32 heavy (non-hydrogen) atoms. The second-order valence-electron chi connectivity index (χ2n) is 7.94. The van der Waals surface area contributed by atoms with Crippen LogP contribution in [0.1, 0.15) is 0 Å². The van der Waals surface area contributed by atoms with Gasteiger partial charge in [0.2, 0.25) is 0 Å². The highest BCUT2D eigenvalue weighted by molar-refractivity contribution is 5.91. The summed E-state index contributed by atoms with van der Waals surface area (Å²) >= 11 is 0. The first-order chi connectivity index (χ1) is 15.5. The normalized spacial score (nSPS) is 14.8. The van der Waals surface area contributed by atoms with Crippen molar-refractivity contribution in [1.82, 2.24) is 20.1 Å². The second-order valence-corrected chi connectivity index (χ2v) is 7.94. The number of halogens is 2. The molecule has 0 saturated carbocycles. The van der Waals surface area contributed by atoms with E-state index in [1.54, 1.807) is 12.1 Å². The van der Waals surface area contributed by atoms with Crippen LogP contribution in [0.5, 0.6) is 5.75 Å². The number of fused-ring (bicyclic) bond motifs is 1. The molecule has 1 fully saturated rings. The molecule has 0 unspecified atom stereocenters. The Balaban J connectivity index is 1.52. The zero-order valence-electron chi connectivity index (χ0n) is 17.9. The van der Waals surface area contributed by atoms with Gasteiger partial charge in [-0.3, -0.25) is 5.10 Å². The number of aromatic amines is 1. The van der Waals surface area contributed by atoms with Gasteiger partial charge in [-0.15, -0.1) is 0 Å². The third-order valence-corrected chi connectivity index (χ3v) is 5.95. The first-order valence-electron chi connectivity index (χ1n) is 10.5. The van der Waals surface area contributed by atoms with Crippen molar-refractivity contribution in [2.24, 2.45) is 0 Å². The van der Waals surface area contributed by atoms with Crippen molar-refractivity contribution in [1.29, 1.82) is 0 Å². The lowest BCUT2D eigenvalue weighted by atomic mass is 10.1. The molecular weight excluding hydrogens is 412 g/mol. The third kappa shape index (κ3) is 3.56. The molecule has 0 bridgehead atoms. The number of ether oxygens (including phenoxy) is 1. The molecule has 1 saturated heterocycles. The van der Waals surface area contributed by atoms with Crippen molar-refractivity contribution in [2.75, 3.05) is 45.2 Å². The highest BCUT2D eigenvalue weighted by Crippen LogP contribution is 2.35. The molecule has 8 heteroatoms. The number of rotatable bonds is 4. The fraction of sp³-hybridized carbons (Fsp3) is 0.250. The zero-order chi connectivity index (χ0) is 22.2. The second kappa shape index (κ2) is 8.20. The summed E-state index contributed by atoms with van der Waals surface area (Å²) in [6.07, 6.45) is 0. The number of nitrogens with one attached hydrogen (secondary N) is 1. The van der Waals surface area contributed by atoms with Gasteiger partial charge in [0, 0.05) is 37.4 Å². The highest BCUT2D eigenvalue weighted by atomic mass is 19.2. The van der Waals surface area contributed by atoms with Gasteiger partial charge in [0.05, 0.1) is 23.9 Å². The fourth-order valence-corrected chi connectivity index (χ4v) is 4.08. The van der Waals surface area contributed by atoms with Crippen LogP contribution in [0.2, 0.25) is 0 Å². The number of methoxy groups -OCH3 is 1. The van der Waals surface area contributed by atoms with Crippen molar-refractivity contribution in [3.05, 3.63) is 60.2 Å². The van der Waals surface area contributed by atoms with Gasteiger partial charge in [0.25, 0.3) is 0 Å². The van der Waals surface area contributed by atoms with Crippen molar-refractivity contribution in [2.45, 2.75) is 0 Å². The molecule has 2 aromatic heterocycles. The summed E-state index contributed by atoms with van der Waals surface area (Å²) in [5.74, 6) is -1.72. The first-order valence-corrected chi connectivity index (χ1v) is 10.5. The van der Waals surface area contributed by atoms with Crippen LogP contribution in [0.15, 0.2) is 48.5 Å². The Labute approximate surface area is 184 Å². The molecule has 0 radical (unpaired) electrons. The number of anilines is 1. The number of H-pyrrole nitrogens is 1. The molecule has 2 aromatic carbocycles. The molecule has 4 aromatic rings. The number of aromatic nitrogens is 3. The number of piperazine rings is 1. The summed E-state index contributed by atoms with van der Waals surface area (Å²) in [7, 11) is 3.55. The topological polar surface area (TPSA) is 57.3 Å². The summed E-state index contributed by atoms with van der Waals surface area (Å²) in [4.78, 5) is 9.30. The summed E-state index contributed by atoms with van der Waals surface area (Å²) in [5.41, 5.74) is 4.29. The van der Waals surface area contributed by atoms with Gasteiger partial charge in [-0.1, -0.05) is 12.1 Å². The Morgan fingerprint density at radius 1 is 0.938 bits per heavy atom. The van der Waals surface area contributed by atoms with Crippen LogP contribution in [-0.2, 0) is 0 Å². The Kier molecular flexibility index (Phi) is 5.22. The molecular formula is C24H23F2N5O. The van der Waals surface area contributed by atoms with E-state index in [1.165, 1.54) is 18.9 Å². The van der Waals surface area contributed by atoms with Crippen LogP contribution < -0.4 is 9.64 Å². The Morgan fingerprint density at radius 2 is 1.69 bits per heavy atom. The van der Waals surface area contributed by atoms with Crippen LogP contribution >= 0.6 is 0 Å². The first kappa shape index (κ1) is 20.4. The maximum atomic E-state index is 14.6. The summed E-state index contributed by atoms with van der Waals surface area (Å²) in [5, 5.41) is 7.40. The maximum absolute atomic E-state index is 14.6. The van der Waals surface area contributed by atoms with Crippen LogP contribution in [0, 0.1) is 11.6 Å². The average molecular weight is 435 g/mol. The smallest absolute Gasteiger partial charge is 0.171 e. The number of nitrogens with zero attached hydrogens (tertiary/aromatic N) is 4. The quantitative estimate of drug-likeness (QED) is 0.517. The number of hydrogen-bond donors (Lipinski definition) is 1. The van der Waals surface area contributed by atoms with Crippen molar-refractivity contribution >= 4 is 16.7 Å². The van der Waals surface area contributed by atoms with Crippen LogP contribution in [-0.4, -0.2) is 60.4 Å². The van der Waals surface area contributed by atoms with Crippen molar-refractivity contribution in [3.63, 3.8) is 0 Å². The molecule has 6 nitrogen and oxygen atoms in total. The molecule has 164 valence electrons. The average Bonchev–Trinajstić information content (AvgIpc) is 3.24. The molecule has 0 amide bonds. The SMILES string of the molecule is COc1ccc(F)c(F)c1-c1ccc2[nH]nc(-c3ccc(N4CCN(C)CC4)cc3)c2n1. The fourth-order valence-electron chi connectivity index (χ4n) is 4.08. The van der Waals surface area contributed by atoms with E-state index in [4.69, 9.17) is 4.74 Å². The van der Waals surface area contributed by atoms with E-state index in [1.807, 2.05) is 12.1 Å². The molecule has 5 rings (SSSR count). The molecule has 0 atom stereocenters. The number of benzene rings is 2. The molecule has 3 heterocycles. The third-order valence-electron chi connectivity index (χ3n) is 5.95. The van der Waals surface area contributed by atoms with Crippen molar-refractivity contribution < 1.29 is 13.5 Å². The van der Waals surface area contributed by atoms with E-state index < -0.39 is 11.6 Å². The van der Waals surface area contributed by atoms with Gasteiger partial charge in [0.15, 0.2) is 11.6 Å². The van der Waals surface area contributed by atoms with E-state index in [9.17, 15) is 8.78 Å². The van der Waals surface area contributed by atoms with E-state index in [0.717, 1.165) is 37.8 Å². The van der Waals surface area contributed by atoms with Gasteiger partial charge < -0.3 is 14.5 Å². The Hall–Kier alpha value is -3.52. The minimum Gasteiger partial charge on any atom is -0.496 e. The lowest BCUT2D eigenvalue weighted by molar-refractivity contribution is 0.313. The van der Waals surface area contributed by atoms with E-state index in [0.29, 0.717) is 16.7 Å². The highest BCUT2D eigenvalue weighted by Gasteiger charge is 2.20. The predicted molar refractivity (Wildman–Crippen MR) is 121 cm³/mol.